The molecule has 0 saturated heterocycles. The Morgan fingerprint density at radius 1 is 0.963 bits per heavy atom. The van der Waals surface area contributed by atoms with Gasteiger partial charge in [0.15, 0.2) is 0 Å². The summed E-state index contributed by atoms with van der Waals surface area (Å²) < 4.78 is 16.9. The number of hydrogen-bond donors (Lipinski definition) is 0. The second-order valence-corrected chi connectivity index (χ2v) is 7.06. The molecular formula is C19H21ClFN3O3. The minimum atomic E-state index is -0.845. The minimum absolute atomic E-state index is 0.0123. The standard InChI is InChI=1S/C19H21ClFN3O3/c1-11(2)8-22-17(25)23(9-12(3)4)19(27)24(18(22)26)10-14-15(21)7-6-13(5)16(14)20/h6-7H,1,3,8-10H2,2,4-5H3. The van der Waals surface area contributed by atoms with Gasteiger partial charge in [-0.2, -0.15) is 0 Å². The van der Waals surface area contributed by atoms with Crippen LogP contribution in [0.15, 0.2) is 50.8 Å². The van der Waals surface area contributed by atoms with E-state index in [1.165, 1.54) is 12.1 Å². The molecule has 0 spiro atoms. The summed E-state index contributed by atoms with van der Waals surface area (Å²) in [6, 6.07) is 2.73. The zero-order chi connectivity index (χ0) is 20.5. The Labute approximate surface area is 160 Å². The molecule has 0 bridgehead atoms. The van der Waals surface area contributed by atoms with Crippen molar-refractivity contribution in [3.63, 3.8) is 0 Å². The molecule has 0 unspecified atom stereocenters. The zero-order valence-corrected chi connectivity index (χ0v) is 16.3. The topological polar surface area (TPSA) is 66.0 Å². The summed E-state index contributed by atoms with van der Waals surface area (Å²) in [4.78, 5) is 38.2. The highest BCUT2D eigenvalue weighted by Gasteiger charge is 2.19. The summed E-state index contributed by atoms with van der Waals surface area (Å²) in [7, 11) is 0. The summed E-state index contributed by atoms with van der Waals surface area (Å²) >= 11 is 6.17. The maximum atomic E-state index is 14.3. The Morgan fingerprint density at radius 3 is 1.85 bits per heavy atom. The smallest absolute Gasteiger partial charge is 0.247 e. The van der Waals surface area contributed by atoms with Gasteiger partial charge in [-0.15, -0.1) is 0 Å². The van der Waals surface area contributed by atoms with E-state index in [0.29, 0.717) is 16.7 Å². The van der Waals surface area contributed by atoms with Gasteiger partial charge in [-0.1, -0.05) is 42.0 Å². The monoisotopic (exact) mass is 393 g/mol. The van der Waals surface area contributed by atoms with Gasteiger partial charge < -0.3 is 0 Å². The van der Waals surface area contributed by atoms with Crippen LogP contribution >= 0.6 is 11.6 Å². The molecule has 2 aromatic rings. The molecule has 6 nitrogen and oxygen atoms in total. The van der Waals surface area contributed by atoms with Crippen LogP contribution < -0.4 is 17.1 Å². The molecule has 27 heavy (non-hydrogen) atoms. The highest BCUT2D eigenvalue weighted by atomic mass is 35.5. The van der Waals surface area contributed by atoms with E-state index >= 15 is 0 Å². The van der Waals surface area contributed by atoms with Crippen LogP contribution in [0.1, 0.15) is 25.0 Å². The molecule has 0 aliphatic heterocycles. The van der Waals surface area contributed by atoms with Crippen LogP contribution in [0.3, 0.4) is 0 Å². The lowest BCUT2D eigenvalue weighted by Crippen LogP contribution is -2.54. The molecule has 144 valence electrons. The highest BCUT2D eigenvalue weighted by Crippen LogP contribution is 2.23. The molecule has 1 heterocycles. The van der Waals surface area contributed by atoms with Crippen molar-refractivity contribution in [2.75, 3.05) is 0 Å². The average molecular weight is 394 g/mol. The molecule has 0 amide bonds. The maximum absolute atomic E-state index is 14.3. The second kappa shape index (κ2) is 7.92. The first-order valence-corrected chi connectivity index (χ1v) is 8.59. The Bertz CT molecular complexity index is 1050. The van der Waals surface area contributed by atoms with E-state index in [-0.39, 0.29) is 23.7 Å². The third-order valence-corrected chi connectivity index (χ3v) is 4.46. The molecule has 2 rings (SSSR count). The van der Waals surface area contributed by atoms with Crippen LogP contribution in [0.5, 0.6) is 0 Å². The minimum Gasteiger partial charge on any atom is -0.247 e. The van der Waals surface area contributed by atoms with Gasteiger partial charge in [0.1, 0.15) is 5.82 Å². The van der Waals surface area contributed by atoms with Gasteiger partial charge in [-0.25, -0.2) is 32.5 Å². The fraction of sp³-hybridized carbons (Fsp3) is 0.316. The summed E-state index contributed by atoms with van der Waals surface area (Å²) in [5.41, 5.74) is -0.715. The normalized spacial score (nSPS) is 10.9. The molecule has 0 N–H and O–H groups in total. The summed E-state index contributed by atoms with van der Waals surface area (Å²) in [5.74, 6) is -0.638. The molecule has 0 fully saturated rings. The Kier molecular flexibility index (Phi) is 6.05. The lowest BCUT2D eigenvalue weighted by atomic mass is 10.1. The first-order chi connectivity index (χ1) is 12.5. The highest BCUT2D eigenvalue weighted by molar-refractivity contribution is 6.32. The Hall–Kier alpha value is -2.67. The fourth-order valence-electron chi connectivity index (χ4n) is 2.65. The van der Waals surface area contributed by atoms with E-state index in [1.807, 2.05) is 0 Å². The van der Waals surface area contributed by atoms with Crippen LogP contribution in [0, 0.1) is 12.7 Å². The molecular weight excluding hydrogens is 373 g/mol. The third kappa shape index (κ3) is 4.19. The van der Waals surface area contributed by atoms with Crippen LogP contribution in [-0.2, 0) is 19.6 Å². The molecule has 0 saturated carbocycles. The molecule has 0 atom stereocenters. The third-order valence-electron chi connectivity index (χ3n) is 3.94. The zero-order valence-electron chi connectivity index (χ0n) is 15.5. The first-order valence-electron chi connectivity index (χ1n) is 8.21. The number of benzene rings is 1. The lowest BCUT2D eigenvalue weighted by molar-refractivity contribution is 0.482. The summed E-state index contributed by atoms with van der Waals surface area (Å²) in [5, 5.41) is 0.130. The number of hydrogen-bond acceptors (Lipinski definition) is 3. The first kappa shape index (κ1) is 20.6. The van der Waals surface area contributed by atoms with Gasteiger partial charge in [0.05, 0.1) is 24.7 Å². The van der Waals surface area contributed by atoms with Crippen LogP contribution in [-0.4, -0.2) is 13.7 Å². The molecule has 8 heteroatoms. The van der Waals surface area contributed by atoms with E-state index in [0.717, 1.165) is 13.7 Å². The van der Waals surface area contributed by atoms with Crippen molar-refractivity contribution in [1.29, 1.82) is 0 Å². The van der Waals surface area contributed by atoms with E-state index in [9.17, 15) is 18.8 Å². The van der Waals surface area contributed by atoms with Crippen molar-refractivity contribution in [3.8, 4) is 0 Å². The van der Waals surface area contributed by atoms with Gasteiger partial charge in [-0.05, 0) is 32.4 Å². The van der Waals surface area contributed by atoms with Crippen molar-refractivity contribution >= 4 is 11.6 Å². The molecule has 0 radical (unpaired) electrons. The van der Waals surface area contributed by atoms with Gasteiger partial charge in [0.2, 0.25) is 0 Å². The van der Waals surface area contributed by atoms with Crippen molar-refractivity contribution in [1.82, 2.24) is 13.7 Å². The second-order valence-electron chi connectivity index (χ2n) is 6.68. The quantitative estimate of drug-likeness (QED) is 0.708. The van der Waals surface area contributed by atoms with E-state index in [4.69, 9.17) is 11.6 Å². The lowest BCUT2D eigenvalue weighted by Gasteiger charge is -2.15. The van der Waals surface area contributed by atoms with E-state index in [1.54, 1.807) is 20.8 Å². The van der Waals surface area contributed by atoms with Crippen LogP contribution in [0.4, 0.5) is 4.39 Å². The van der Waals surface area contributed by atoms with Gasteiger partial charge in [-0.3, -0.25) is 0 Å². The number of allylic oxidation sites excluding steroid dienone is 2. The Balaban J connectivity index is 2.80. The number of nitrogens with zero attached hydrogens (tertiary/aromatic N) is 3. The predicted octanol–water partition coefficient (Wildman–Crippen LogP) is 2.47. The summed E-state index contributed by atoms with van der Waals surface area (Å²) in [6.07, 6.45) is 0. The molecule has 1 aromatic heterocycles. The fourth-order valence-corrected chi connectivity index (χ4v) is 2.86. The van der Waals surface area contributed by atoms with Crippen molar-refractivity contribution in [2.45, 2.75) is 40.4 Å². The van der Waals surface area contributed by atoms with Gasteiger partial charge >= 0.3 is 17.1 Å². The molecule has 0 aliphatic carbocycles. The van der Waals surface area contributed by atoms with Crippen molar-refractivity contribution < 1.29 is 4.39 Å². The number of halogens is 2. The molecule has 1 aromatic carbocycles. The van der Waals surface area contributed by atoms with E-state index in [2.05, 4.69) is 13.2 Å². The molecule has 0 aliphatic rings. The van der Waals surface area contributed by atoms with Crippen LogP contribution in [0.2, 0.25) is 5.02 Å². The van der Waals surface area contributed by atoms with Gasteiger partial charge in [0.25, 0.3) is 0 Å². The average Bonchev–Trinajstić information content (AvgIpc) is 2.58. The SMILES string of the molecule is C=C(C)Cn1c(=O)n(CC(=C)C)c(=O)n(Cc2c(F)ccc(C)c2Cl)c1=O. The van der Waals surface area contributed by atoms with Gasteiger partial charge in [0, 0.05) is 5.56 Å². The predicted molar refractivity (Wildman–Crippen MR) is 104 cm³/mol. The van der Waals surface area contributed by atoms with Crippen molar-refractivity contribution in [2.24, 2.45) is 0 Å². The van der Waals surface area contributed by atoms with Crippen molar-refractivity contribution in [3.05, 3.63) is 89.9 Å². The number of rotatable bonds is 6. The number of aryl methyl sites for hydroxylation is 1. The number of aromatic nitrogens is 3. The largest absolute Gasteiger partial charge is 0.336 e. The maximum Gasteiger partial charge on any atom is 0.336 e. The van der Waals surface area contributed by atoms with E-state index < -0.39 is 29.4 Å². The Morgan fingerprint density at radius 2 is 1.41 bits per heavy atom. The van der Waals surface area contributed by atoms with Crippen LogP contribution in [0.25, 0.3) is 0 Å². The summed E-state index contributed by atoms with van der Waals surface area (Å²) in [6.45, 7) is 11.9.